The Bertz CT molecular complexity index is 239. The number of allylic oxidation sites excluding steroid dienone is 1. The summed E-state index contributed by atoms with van der Waals surface area (Å²) in [4.78, 5) is 10.5. The summed E-state index contributed by atoms with van der Waals surface area (Å²) in [7, 11) is 0. The van der Waals surface area contributed by atoms with Gasteiger partial charge in [-0.1, -0.05) is 0 Å². The first-order valence-electron chi connectivity index (χ1n) is 3.57. The van der Waals surface area contributed by atoms with E-state index in [9.17, 15) is 4.79 Å². The van der Waals surface area contributed by atoms with E-state index < -0.39 is 18.2 Å². The van der Waals surface area contributed by atoms with E-state index in [1.807, 2.05) is 0 Å². The average Bonchev–Trinajstić information content (AvgIpc) is 2.35. The quantitative estimate of drug-likeness (QED) is 0.559. The second-order valence-electron chi connectivity index (χ2n) is 2.55. The molecule has 66 valence electrons. The van der Waals surface area contributed by atoms with Crippen molar-refractivity contribution in [3.05, 3.63) is 24.0 Å². The van der Waals surface area contributed by atoms with Gasteiger partial charge in [0.2, 0.25) is 0 Å². The normalized spacial score (nSPS) is 24.2. The van der Waals surface area contributed by atoms with E-state index in [-0.39, 0.29) is 5.76 Å². The number of hydrogen-bond acceptors (Lipinski definition) is 4. The van der Waals surface area contributed by atoms with Crippen LogP contribution in [0.2, 0.25) is 0 Å². The van der Waals surface area contributed by atoms with Crippen molar-refractivity contribution in [2.24, 2.45) is 0 Å². The van der Waals surface area contributed by atoms with Crippen LogP contribution in [-0.2, 0) is 9.53 Å². The van der Waals surface area contributed by atoms with Crippen LogP contribution in [0.3, 0.4) is 0 Å². The van der Waals surface area contributed by atoms with Crippen molar-refractivity contribution < 1.29 is 19.7 Å². The summed E-state index contributed by atoms with van der Waals surface area (Å²) in [6.07, 6.45) is 2.10. The smallest absolute Gasteiger partial charge is 0.336 e. The highest BCUT2D eigenvalue weighted by Gasteiger charge is 2.13. The third-order valence-corrected chi connectivity index (χ3v) is 1.43. The second-order valence-corrected chi connectivity index (χ2v) is 2.55. The zero-order valence-corrected chi connectivity index (χ0v) is 6.60. The van der Waals surface area contributed by atoms with Gasteiger partial charge in [0, 0.05) is 6.08 Å². The maximum Gasteiger partial charge on any atom is 0.336 e. The molecule has 0 aliphatic carbocycles. The third-order valence-electron chi connectivity index (χ3n) is 1.43. The fourth-order valence-electron chi connectivity index (χ4n) is 0.732. The zero-order valence-electron chi connectivity index (χ0n) is 6.60. The first kappa shape index (κ1) is 8.96. The fraction of sp³-hybridized carbons (Fsp3) is 0.375. The number of cyclic esters (lactones) is 1. The number of ether oxygens (including phenoxy) is 1. The summed E-state index contributed by atoms with van der Waals surface area (Å²) in [5.74, 6) is -0.188. The van der Waals surface area contributed by atoms with Crippen LogP contribution in [-0.4, -0.2) is 28.4 Å². The minimum absolute atomic E-state index is 0.272. The summed E-state index contributed by atoms with van der Waals surface area (Å²) >= 11 is 0. The molecule has 0 amide bonds. The Morgan fingerprint density at radius 3 is 2.58 bits per heavy atom. The maximum atomic E-state index is 10.5. The van der Waals surface area contributed by atoms with Crippen LogP contribution in [0.4, 0.5) is 0 Å². The van der Waals surface area contributed by atoms with Gasteiger partial charge >= 0.3 is 5.97 Å². The van der Waals surface area contributed by atoms with Gasteiger partial charge in [-0.25, -0.2) is 4.79 Å². The number of carbonyl (C=O) groups excluding carboxylic acids is 1. The second kappa shape index (κ2) is 3.51. The van der Waals surface area contributed by atoms with Crippen LogP contribution >= 0.6 is 0 Å². The maximum absolute atomic E-state index is 10.5. The van der Waals surface area contributed by atoms with Gasteiger partial charge in [0.25, 0.3) is 0 Å². The highest BCUT2D eigenvalue weighted by atomic mass is 16.5. The fourth-order valence-corrected chi connectivity index (χ4v) is 0.732. The van der Waals surface area contributed by atoms with Gasteiger partial charge in [-0.05, 0) is 19.1 Å². The number of hydrogen-bond donors (Lipinski definition) is 2. The predicted octanol–water partition coefficient (Wildman–Crippen LogP) is -0.275. The van der Waals surface area contributed by atoms with Gasteiger partial charge in [-0.15, -0.1) is 0 Å². The largest absolute Gasteiger partial charge is 0.424 e. The van der Waals surface area contributed by atoms with Crippen LogP contribution in [0.5, 0.6) is 0 Å². The lowest BCUT2D eigenvalue weighted by Gasteiger charge is -2.08. The van der Waals surface area contributed by atoms with E-state index in [4.69, 9.17) is 10.2 Å². The van der Waals surface area contributed by atoms with Crippen LogP contribution in [0, 0.1) is 0 Å². The molecule has 1 heterocycles. The molecule has 1 aliphatic heterocycles. The Balaban J connectivity index is 2.59. The molecule has 0 saturated heterocycles. The number of esters is 1. The molecule has 12 heavy (non-hydrogen) atoms. The van der Waals surface area contributed by atoms with Crippen LogP contribution in [0.15, 0.2) is 24.0 Å². The lowest BCUT2D eigenvalue weighted by atomic mass is 10.2. The van der Waals surface area contributed by atoms with E-state index >= 15 is 0 Å². The minimum Gasteiger partial charge on any atom is -0.424 e. The molecule has 0 aromatic heterocycles. The molecule has 0 unspecified atom stereocenters. The van der Waals surface area contributed by atoms with E-state index in [0.29, 0.717) is 0 Å². The molecule has 0 bridgehead atoms. The van der Waals surface area contributed by atoms with Gasteiger partial charge in [0.05, 0.1) is 6.10 Å². The molecule has 1 rings (SSSR count). The van der Waals surface area contributed by atoms with Crippen molar-refractivity contribution in [1.82, 2.24) is 0 Å². The number of aliphatic hydroxyl groups is 2. The lowest BCUT2D eigenvalue weighted by Crippen LogP contribution is -2.20. The molecule has 2 atom stereocenters. The standard InChI is InChI=1S/C8H10O4/c1-5(9)7(10)4-6-2-3-8(11)12-6/h2-5,7,9-10H,1H3/t5-,7-/m1/s1. The SMILES string of the molecule is C[C@@H](O)[C@H](O)C=C1C=CC(=O)O1. The first-order valence-corrected chi connectivity index (χ1v) is 3.57. The van der Waals surface area contributed by atoms with Crippen molar-refractivity contribution >= 4 is 5.97 Å². The van der Waals surface area contributed by atoms with Crippen molar-refractivity contribution in [2.45, 2.75) is 19.1 Å². The van der Waals surface area contributed by atoms with Crippen LogP contribution in [0.25, 0.3) is 0 Å². The Hall–Kier alpha value is -1.13. The molecule has 4 heteroatoms. The highest BCUT2D eigenvalue weighted by Crippen LogP contribution is 2.10. The van der Waals surface area contributed by atoms with Gasteiger partial charge < -0.3 is 14.9 Å². The Labute approximate surface area is 69.8 Å². The topological polar surface area (TPSA) is 66.8 Å². The molecule has 1 aliphatic rings. The Morgan fingerprint density at radius 2 is 2.17 bits per heavy atom. The first-order chi connectivity index (χ1) is 5.59. The van der Waals surface area contributed by atoms with Crippen molar-refractivity contribution in [1.29, 1.82) is 0 Å². The van der Waals surface area contributed by atoms with E-state index in [0.717, 1.165) is 0 Å². The molecule has 0 radical (unpaired) electrons. The van der Waals surface area contributed by atoms with Gasteiger partial charge in [0.15, 0.2) is 0 Å². The third kappa shape index (κ3) is 2.18. The van der Waals surface area contributed by atoms with Gasteiger partial charge in [-0.2, -0.15) is 0 Å². The molecule has 4 nitrogen and oxygen atoms in total. The molecule has 0 spiro atoms. The molecule has 2 N–H and O–H groups in total. The van der Waals surface area contributed by atoms with Gasteiger partial charge in [0.1, 0.15) is 11.9 Å². The lowest BCUT2D eigenvalue weighted by molar-refractivity contribution is -0.132. The monoisotopic (exact) mass is 170 g/mol. The summed E-state index contributed by atoms with van der Waals surface area (Å²) in [6, 6.07) is 0. The minimum atomic E-state index is -1.00. The van der Waals surface area contributed by atoms with Crippen molar-refractivity contribution in [3.8, 4) is 0 Å². The highest BCUT2D eigenvalue weighted by molar-refractivity contribution is 5.86. The van der Waals surface area contributed by atoms with Crippen LogP contribution in [0.1, 0.15) is 6.92 Å². The molecule has 0 aromatic carbocycles. The van der Waals surface area contributed by atoms with E-state index in [2.05, 4.69) is 4.74 Å². The zero-order chi connectivity index (χ0) is 9.14. The van der Waals surface area contributed by atoms with E-state index in [1.54, 1.807) is 0 Å². The Kier molecular flexibility index (Phi) is 2.62. The summed E-state index contributed by atoms with van der Waals surface area (Å²) in [5.41, 5.74) is 0. The number of rotatable bonds is 2. The predicted molar refractivity (Wildman–Crippen MR) is 41.0 cm³/mol. The molecule has 0 fully saturated rings. The number of aliphatic hydroxyl groups excluding tert-OH is 2. The molecular weight excluding hydrogens is 160 g/mol. The average molecular weight is 170 g/mol. The van der Waals surface area contributed by atoms with Gasteiger partial charge in [-0.3, -0.25) is 0 Å². The summed E-state index contributed by atoms with van der Waals surface area (Å²) in [6.45, 7) is 1.45. The summed E-state index contributed by atoms with van der Waals surface area (Å²) in [5, 5.41) is 18.0. The number of carbonyl (C=O) groups is 1. The van der Waals surface area contributed by atoms with Crippen molar-refractivity contribution in [3.63, 3.8) is 0 Å². The van der Waals surface area contributed by atoms with Crippen molar-refractivity contribution in [2.75, 3.05) is 0 Å². The molecule has 0 aromatic rings. The summed E-state index contributed by atoms with van der Waals surface area (Å²) < 4.78 is 4.62. The molecule has 0 saturated carbocycles. The molecular formula is C8H10O4. The Morgan fingerprint density at radius 1 is 1.50 bits per heavy atom. The van der Waals surface area contributed by atoms with E-state index in [1.165, 1.54) is 25.2 Å². The van der Waals surface area contributed by atoms with Crippen LogP contribution < -0.4 is 0 Å².